The number of pyridine rings is 1. The highest BCUT2D eigenvalue weighted by Crippen LogP contribution is 2.65. The molecule has 2 fully saturated rings. The fourth-order valence-corrected chi connectivity index (χ4v) is 6.46. The van der Waals surface area contributed by atoms with Gasteiger partial charge in [0.1, 0.15) is 23.9 Å². The Labute approximate surface area is 251 Å². The van der Waals surface area contributed by atoms with Crippen molar-refractivity contribution in [2.75, 3.05) is 11.9 Å². The Balaban J connectivity index is 1.43. The van der Waals surface area contributed by atoms with Gasteiger partial charge in [0, 0.05) is 40.3 Å². The molecule has 5 atom stereocenters. The topological polar surface area (TPSA) is 124 Å². The van der Waals surface area contributed by atoms with Crippen LogP contribution >= 0.6 is 11.6 Å². The van der Waals surface area contributed by atoms with Crippen LogP contribution in [0.4, 0.5) is 19.0 Å². The number of likely N-dealkylation sites (tertiary alicyclic amines) is 1. The van der Waals surface area contributed by atoms with Crippen LogP contribution in [0.25, 0.3) is 10.8 Å². The third-order valence-corrected chi connectivity index (χ3v) is 8.91. The fraction of sp³-hybridized carbons (Fsp3) is 0.467. The summed E-state index contributed by atoms with van der Waals surface area (Å²) in [6.45, 7) is 9.81. The molecule has 1 saturated heterocycles. The highest BCUT2D eigenvalue weighted by atomic mass is 35.5. The Bertz CT molecular complexity index is 1610. The molecule has 226 valence electrons. The predicted molar refractivity (Wildman–Crippen MR) is 153 cm³/mol. The van der Waals surface area contributed by atoms with Crippen LogP contribution in [-0.4, -0.2) is 50.3 Å². The van der Waals surface area contributed by atoms with Crippen LogP contribution in [0.2, 0.25) is 5.02 Å². The first-order valence-electron chi connectivity index (χ1n) is 13.7. The molecule has 0 spiro atoms. The Morgan fingerprint density at radius 3 is 2.47 bits per heavy atom. The summed E-state index contributed by atoms with van der Waals surface area (Å²) in [5.41, 5.74) is -1.62. The van der Waals surface area contributed by atoms with Crippen LogP contribution in [0.15, 0.2) is 43.0 Å². The average molecular weight is 614 g/mol. The Kier molecular flexibility index (Phi) is 7.53. The minimum Gasteiger partial charge on any atom is -0.357 e. The number of nitriles is 1. The number of amides is 2. The Morgan fingerprint density at radius 1 is 1.14 bits per heavy atom. The highest BCUT2D eigenvalue weighted by Gasteiger charge is 2.69. The van der Waals surface area contributed by atoms with Crippen LogP contribution in [0.1, 0.15) is 51.9 Å². The van der Waals surface area contributed by atoms with Crippen molar-refractivity contribution in [3.05, 3.63) is 59.3 Å². The highest BCUT2D eigenvalue weighted by molar-refractivity contribution is 6.35. The Morgan fingerprint density at radius 2 is 1.86 bits per heavy atom. The number of hydrogen-bond acceptors (Lipinski definition) is 7. The molecule has 43 heavy (non-hydrogen) atoms. The lowest BCUT2D eigenvalue weighted by molar-refractivity contribution is -0.142. The number of carbonyl (C=O) groups excluding carboxylic acids is 2. The van der Waals surface area contributed by atoms with Crippen molar-refractivity contribution >= 4 is 40.0 Å². The van der Waals surface area contributed by atoms with Gasteiger partial charge in [0.15, 0.2) is 5.69 Å². The van der Waals surface area contributed by atoms with Gasteiger partial charge in [-0.3, -0.25) is 14.6 Å². The number of halogens is 4. The van der Waals surface area contributed by atoms with E-state index in [0.717, 1.165) is 6.20 Å². The molecule has 0 radical (unpaired) electrons. The van der Waals surface area contributed by atoms with Crippen LogP contribution in [0, 0.1) is 34.0 Å². The quantitative estimate of drug-likeness (QED) is 0.382. The van der Waals surface area contributed by atoms with Crippen molar-refractivity contribution in [3.63, 3.8) is 0 Å². The SMILES string of the molecule is CC(C)(C)[C@H](Nc1cnc(C(F)(F)F)cn1)C(=O)N1C[C@H]2[C@@H]([C@H]1C(=O)NC(C#N)c1cncc3cccc(Cl)c13)C2(C)C. The summed E-state index contributed by atoms with van der Waals surface area (Å²) < 4.78 is 39.0. The van der Waals surface area contributed by atoms with E-state index in [-0.39, 0.29) is 23.1 Å². The second-order valence-electron chi connectivity index (χ2n) is 12.8. The summed E-state index contributed by atoms with van der Waals surface area (Å²) in [7, 11) is 0. The maximum atomic E-state index is 14.1. The molecular formula is C30H31ClF3N7O2. The van der Waals surface area contributed by atoms with Gasteiger partial charge in [-0.15, -0.1) is 0 Å². The van der Waals surface area contributed by atoms with Crippen molar-refractivity contribution in [1.29, 1.82) is 5.26 Å². The molecule has 2 amide bonds. The fourth-order valence-electron chi connectivity index (χ4n) is 6.17. The molecule has 0 bridgehead atoms. The maximum Gasteiger partial charge on any atom is 0.434 e. The molecule has 9 nitrogen and oxygen atoms in total. The summed E-state index contributed by atoms with van der Waals surface area (Å²) in [5.74, 6) is -0.967. The number of aromatic nitrogens is 3. The van der Waals surface area contributed by atoms with E-state index in [2.05, 4.69) is 31.7 Å². The zero-order chi connectivity index (χ0) is 31.5. The number of carbonyl (C=O) groups is 2. The maximum absolute atomic E-state index is 14.1. The second-order valence-corrected chi connectivity index (χ2v) is 13.2. The van der Waals surface area contributed by atoms with E-state index in [0.29, 0.717) is 34.1 Å². The van der Waals surface area contributed by atoms with Crippen molar-refractivity contribution in [2.24, 2.45) is 22.7 Å². The van der Waals surface area contributed by atoms with E-state index in [1.165, 1.54) is 11.1 Å². The first-order chi connectivity index (χ1) is 20.1. The standard InChI is InChI=1S/C30H31ClF3N7O2/c1-28(2,3)25(40-21-13-37-20(12-38-21)30(32,33)34)27(43)41-14-17-23(29(17,4)5)24(41)26(42)39-19(9-35)16-11-36-10-15-7-6-8-18(31)22(15)16/h6-8,10-13,17,19,23-25H,14H2,1-5H3,(H,38,40)(H,39,42)/t17-,19?,23-,24-,25+/m0/s1. The van der Waals surface area contributed by atoms with Gasteiger partial charge in [-0.25, -0.2) is 9.97 Å². The van der Waals surface area contributed by atoms with Gasteiger partial charge in [-0.2, -0.15) is 18.4 Å². The molecule has 3 aromatic rings. The number of alkyl halides is 3. The molecule has 1 saturated carbocycles. The van der Waals surface area contributed by atoms with Gasteiger partial charge < -0.3 is 15.5 Å². The van der Waals surface area contributed by atoms with Crippen LogP contribution in [0.5, 0.6) is 0 Å². The van der Waals surface area contributed by atoms with Crippen molar-refractivity contribution in [1.82, 2.24) is 25.2 Å². The van der Waals surface area contributed by atoms with Gasteiger partial charge in [0.05, 0.1) is 18.5 Å². The zero-order valence-electron chi connectivity index (χ0n) is 24.2. The number of rotatable bonds is 6. The summed E-state index contributed by atoms with van der Waals surface area (Å²) >= 11 is 6.46. The van der Waals surface area contributed by atoms with Crippen LogP contribution < -0.4 is 10.6 Å². The third-order valence-electron chi connectivity index (χ3n) is 8.60. The lowest BCUT2D eigenvalue weighted by Gasteiger charge is -2.38. The molecule has 3 heterocycles. The van der Waals surface area contributed by atoms with Crippen molar-refractivity contribution in [3.8, 4) is 6.07 Å². The molecule has 2 aliphatic rings. The average Bonchev–Trinajstić information content (AvgIpc) is 3.25. The summed E-state index contributed by atoms with van der Waals surface area (Å²) in [5, 5.41) is 17.6. The number of nitrogens with one attached hydrogen (secondary N) is 2. The largest absolute Gasteiger partial charge is 0.434 e. The molecule has 13 heteroatoms. The molecule has 1 aliphatic carbocycles. The number of benzene rings is 1. The van der Waals surface area contributed by atoms with E-state index >= 15 is 0 Å². The lowest BCUT2D eigenvalue weighted by atomic mass is 9.85. The number of nitrogens with zero attached hydrogens (tertiary/aromatic N) is 5. The molecule has 1 aromatic carbocycles. The van der Waals surface area contributed by atoms with Crippen LogP contribution in [0.3, 0.4) is 0 Å². The van der Waals surface area contributed by atoms with E-state index in [1.807, 2.05) is 19.9 Å². The van der Waals surface area contributed by atoms with Gasteiger partial charge in [-0.1, -0.05) is 58.4 Å². The monoisotopic (exact) mass is 613 g/mol. The third kappa shape index (κ3) is 5.58. The zero-order valence-corrected chi connectivity index (χ0v) is 25.0. The number of piperidine rings is 1. The minimum absolute atomic E-state index is 0.00292. The van der Waals surface area contributed by atoms with E-state index in [4.69, 9.17) is 11.6 Å². The van der Waals surface area contributed by atoms with E-state index < -0.39 is 47.2 Å². The number of hydrogen-bond donors (Lipinski definition) is 2. The first-order valence-corrected chi connectivity index (χ1v) is 14.1. The minimum atomic E-state index is -4.65. The number of anilines is 1. The molecular weight excluding hydrogens is 583 g/mol. The van der Waals surface area contributed by atoms with Crippen molar-refractivity contribution < 1.29 is 22.8 Å². The van der Waals surface area contributed by atoms with E-state index in [1.54, 1.807) is 39.1 Å². The Hall–Kier alpha value is -3.98. The van der Waals surface area contributed by atoms with E-state index in [9.17, 15) is 28.0 Å². The second kappa shape index (κ2) is 10.6. The molecule has 2 aromatic heterocycles. The van der Waals surface area contributed by atoms with Gasteiger partial charge in [-0.05, 0) is 28.7 Å². The molecule has 5 rings (SSSR count). The van der Waals surface area contributed by atoms with Crippen LogP contribution in [-0.2, 0) is 15.8 Å². The summed E-state index contributed by atoms with van der Waals surface area (Å²) in [4.78, 5) is 41.1. The summed E-state index contributed by atoms with van der Waals surface area (Å²) in [6.07, 6.45) is 0.00545. The number of fused-ring (bicyclic) bond motifs is 2. The van der Waals surface area contributed by atoms with Gasteiger partial charge in [0.25, 0.3) is 0 Å². The summed E-state index contributed by atoms with van der Waals surface area (Å²) in [6, 6.07) is 4.51. The van der Waals surface area contributed by atoms with Gasteiger partial charge >= 0.3 is 6.18 Å². The first kappa shape index (κ1) is 30.5. The normalized spacial score (nSPS) is 22.3. The lowest BCUT2D eigenvalue weighted by Crippen LogP contribution is -2.56. The molecule has 1 unspecified atom stereocenters. The smallest absolute Gasteiger partial charge is 0.357 e. The molecule has 2 N–H and O–H groups in total. The predicted octanol–water partition coefficient (Wildman–Crippen LogP) is 5.39. The van der Waals surface area contributed by atoms with Gasteiger partial charge in [0.2, 0.25) is 11.8 Å². The molecule has 1 aliphatic heterocycles. The van der Waals surface area contributed by atoms with Crippen molar-refractivity contribution in [2.45, 2.75) is 58.9 Å².